The molecule has 1 aromatic heterocycles. The monoisotopic (exact) mass is 317 g/mol. The van der Waals surface area contributed by atoms with Crippen LogP contribution in [0.25, 0.3) is 10.8 Å². The van der Waals surface area contributed by atoms with Gasteiger partial charge in [0.15, 0.2) is 0 Å². The number of fused-ring (bicyclic) bond motifs is 1. The van der Waals surface area contributed by atoms with Gasteiger partial charge in [-0.3, -0.25) is 19.5 Å². The number of nitrogens with zero attached hydrogens (tertiary/aromatic N) is 1. The Kier molecular flexibility index (Phi) is 4.29. The number of aromatic amines is 1. The minimum atomic E-state index is -0.389. The van der Waals surface area contributed by atoms with Crippen LogP contribution in [0.4, 0.5) is 0 Å². The zero-order valence-electron chi connectivity index (χ0n) is 12.9. The lowest BCUT2D eigenvalue weighted by Gasteiger charge is -2.20. The fourth-order valence-electron chi connectivity index (χ4n) is 2.89. The van der Waals surface area contributed by atoms with Crippen molar-refractivity contribution in [3.8, 4) is 0 Å². The van der Waals surface area contributed by atoms with Crippen molar-refractivity contribution in [2.45, 2.75) is 38.5 Å². The second kappa shape index (κ2) is 6.37. The molecule has 23 heavy (non-hydrogen) atoms. The predicted octanol–water partition coefficient (Wildman–Crippen LogP) is 0.373. The summed E-state index contributed by atoms with van der Waals surface area (Å²) >= 11 is 0. The molecule has 0 radical (unpaired) electrons. The highest BCUT2D eigenvalue weighted by molar-refractivity contribution is 5.81. The molecule has 0 bridgehead atoms. The van der Waals surface area contributed by atoms with Crippen molar-refractivity contribution in [1.29, 1.82) is 0 Å². The van der Waals surface area contributed by atoms with Gasteiger partial charge in [0.2, 0.25) is 5.91 Å². The molecule has 0 aliphatic carbocycles. The van der Waals surface area contributed by atoms with Crippen LogP contribution in [0.15, 0.2) is 33.9 Å². The van der Waals surface area contributed by atoms with Gasteiger partial charge in [0.1, 0.15) is 6.54 Å². The quantitative estimate of drug-likeness (QED) is 0.852. The van der Waals surface area contributed by atoms with Crippen molar-refractivity contribution in [2.24, 2.45) is 0 Å². The van der Waals surface area contributed by atoms with E-state index in [1.54, 1.807) is 24.3 Å². The Balaban J connectivity index is 1.78. The molecule has 2 atom stereocenters. The zero-order valence-corrected chi connectivity index (χ0v) is 12.9. The number of hydrogen-bond acceptors (Lipinski definition) is 4. The van der Waals surface area contributed by atoms with Crippen LogP contribution in [0.5, 0.6) is 0 Å². The van der Waals surface area contributed by atoms with Crippen LogP contribution in [0.2, 0.25) is 0 Å². The van der Waals surface area contributed by atoms with Crippen LogP contribution in [0.3, 0.4) is 0 Å². The lowest BCUT2D eigenvalue weighted by molar-refractivity contribution is -0.123. The lowest BCUT2D eigenvalue weighted by atomic mass is 10.1. The molecule has 0 saturated carbocycles. The molecule has 1 fully saturated rings. The highest BCUT2D eigenvalue weighted by Crippen LogP contribution is 2.15. The topological polar surface area (TPSA) is 93.2 Å². The Bertz CT molecular complexity index is 833. The molecule has 7 heteroatoms. The second-order valence-electron chi connectivity index (χ2n) is 5.79. The molecule has 0 unspecified atom stereocenters. The number of aromatic nitrogens is 2. The molecule has 0 spiro atoms. The van der Waals surface area contributed by atoms with Gasteiger partial charge in [-0.05, 0) is 31.9 Å². The van der Waals surface area contributed by atoms with Crippen LogP contribution in [-0.4, -0.2) is 34.4 Å². The molecule has 1 aliphatic heterocycles. The molecule has 7 nitrogen and oxygen atoms in total. The maximum atomic E-state index is 12.3. The van der Waals surface area contributed by atoms with Gasteiger partial charge in [0, 0.05) is 6.61 Å². The zero-order chi connectivity index (χ0) is 16.4. The summed E-state index contributed by atoms with van der Waals surface area (Å²) in [5, 5.41) is 5.89. The van der Waals surface area contributed by atoms with Crippen molar-refractivity contribution in [1.82, 2.24) is 15.1 Å². The van der Waals surface area contributed by atoms with E-state index >= 15 is 0 Å². The Labute approximate surface area is 132 Å². The molecular weight excluding hydrogens is 298 g/mol. The lowest BCUT2D eigenvalue weighted by Crippen LogP contribution is -2.44. The van der Waals surface area contributed by atoms with E-state index in [2.05, 4.69) is 10.4 Å². The number of hydrogen-bond donors (Lipinski definition) is 2. The minimum absolute atomic E-state index is 0.00586. The molecule has 2 aromatic rings. The van der Waals surface area contributed by atoms with Crippen LogP contribution in [0, 0.1) is 0 Å². The summed E-state index contributed by atoms with van der Waals surface area (Å²) in [6, 6.07) is 6.41. The molecule has 2 heterocycles. The first kappa shape index (κ1) is 15.5. The Morgan fingerprint density at radius 3 is 2.83 bits per heavy atom. The van der Waals surface area contributed by atoms with Crippen LogP contribution >= 0.6 is 0 Å². The van der Waals surface area contributed by atoms with E-state index in [-0.39, 0.29) is 35.7 Å². The van der Waals surface area contributed by atoms with E-state index < -0.39 is 0 Å². The number of ether oxygens (including phenoxy) is 1. The molecule has 2 N–H and O–H groups in total. The largest absolute Gasteiger partial charge is 0.376 e. The third-order valence-electron chi connectivity index (χ3n) is 4.10. The van der Waals surface area contributed by atoms with Gasteiger partial charge in [-0.2, -0.15) is 0 Å². The number of carbonyl (C=O) groups is 1. The molecule has 1 aromatic carbocycles. The van der Waals surface area contributed by atoms with Crippen molar-refractivity contribution < 1.29 is 9.53 Å². The third-order valence-corrected chi connectivity index (χ3v) is 4.10. The van der Waals surface area contributed by atoms with E-state index in [0.29, 0.717) is 17.4 Å². The fraction of sp³-hybridized carbons (Fsp3) is 0.438. The molecule has 1 amide bonds. The SMILES string of the molecule is C[C@@H](NC(=O)Cn1[nH]c(=O)c2ccccc2c1=O)[C@@H]1CCCO1. The van der Waals surface area contributed by atoms with Crippen LogP contribution in [-0.2, 0) is 16.1 Å². The van der Waals surface area contributed by atoms with Gasteiger partial charge in [-0.25, -0.2) is 4.68 Å². The van der Waals surface area contributed by atoms with Gasteiger partial charge in [0.25, 0.3) is 11.1 Å². The molecule has 1 aliphatic rings. The average molecular weight is 317 g/mol. The molecule has 1 saturated heterocycles. The van der Waals surface area contributed by atoms with Crippen LogP contribution < -0.4 is 16.4 Å². The normalized spacial score (nSPS) is 18.9. The summed E-state index contributed by atoms with van der Waals surface area (Å²) in [7, 11) is 0. The number of nitrogens with one attached hydrogen (secondary N) is 2. The average Bonchev–Trinajstić information content (AvgIpc) is 3.07. The van der Waals surface area contributed by atoms with E-state index in [1.165, 1.54) is 0 Å². The summed E-state index contributed by atoms with van der Waals surface area (Å²) < 4.78 is 6.57. The van der Waals surface area contributed by atoms with Gasteiger partial charge < -0.3 is 10.1 Å². The van der Waals surface area contributed by atoms with Crippen molar-refractivity contribution in [2.75, 3.05) is 6.61 Å². The molecule has 3 rings (SSSR count). The number of rotatable bonds is 4. The van der Waals surface area contributed by atoms with Crippen molar-refractivity contribution >= 4 is 16.7 Å². The van der Waals surface area contributed by atoms with E-state index in [9.17, 15) is 14.4 Å². The number of H-pyrrole nitrogens is 1. The standard InChI is InChI=1S/C16H19N3O4/c1-10(13-7-4-8-23-13)17-14(20)9-19-16(22)12-6-3-2-5-11(12)15(21)18-19/h2-3,5-6,10,13H,4,7-9H2,1H3,(H,17,20)(H,18,21)/t10-,13+/m1/s1. The Morgan fingerprint density at radius 2 is 2.13 bits per heavy atom. The first-order valence-electron chi connectivity index (χ1n) is 7.69. The van der Waals surface area contributed by atoms with Gasteiger partial charge >= 0.3 is 0 Å². The summed E-state index contributed by atoms with van der Waals surface area (Å²) in [5.74, 6) is -0.332. The summed E-state index contributed by atoms with van der Waals surface area (Å²) in [4.78, 5) is 36.5. The van der Waals surface area contributed by atoms with Crippen molar-refractivity contribution in [3.63, 3.8) is 0 Å². The summed E-state index contributed by atoms with van der Waals surface area (Å²) in [5.41, 5.74) is -0.778. The molecular formula is C16H19N3O4. The predicted molar refractivity (Wildman–Crippen MR) is 85.4 cm³/mol. The van der Waals surface area contributed by atoms with Gasteiger partial charge in [0.05, 0.1) is 22.9 Å². The number of benzene rings is 1. The number of amides is 1. The highest BCUT2D eigenvalue weighted by atomic mass is 16.5. The second-order valence-corrected chi connectivity index (χ2v) is 5.79. The third kappa shape index (κ3) is 3.19. The van der Waals surface area contributed by atoms with E-state index in [0.717, 1.165) is 17.5 Å². The minimum Gasteiger partial charge on any atom is -0.376 e. The number of carbonyl (C=O) groups excluding carboxylic acids is 1. The molecule has 122 valence electrons. The maximum absolute atomic E-state index is 12.3. The van der Waals surface area contributed by atoms with Crippen LogP contribution in [0.1, 0.15) is 19.8 Å². The summed E-state index contributed by atoms with van der Waals surface area (Å²) in [6.07, 6.45) is 1.91. The van der Waals surface area contributed by atoms with E-state index in [1.807, 2.05) is 6.92 Å². The maximum Gasteiger partial charge on any atom is 0.273 e. The van der Waals surface area contributed by atoms with E-state index in [4.69, 9.17) is 4.74 Å². The fourth-order valence-corrected chi connectivity index (χ4v) is 2.89. The smallest absolute Gasteiger partial charge is 0.273 e. The Hall–Kier alpha value is -2.41. The van der Waals surface area contributed by atoms with Gasteiger partial charge in [-0.1, -0.05) is 12.1 Å². The van der Waals surface area contributed by atoms with Gasteiger partial charge in [-0.15, -0.1) is 0 Å². The Morgan fingerprint density at radius 1 is 1.39 bits per heavy atom. The first-order chi connectivity index (χ1) is 11.1. The first-order valence-corrected chi connectivity index (χ1v) is 7.69. The summed E-state index contributed by atoms with van der Waals surface area (Å²) in [6.45, 7) is 2.36. The van der Waals surface area contributed by atoms with Crippen molar-refractivity contribution in [3.05, 3.63) is 45.0 Å². The highest BCUT2D eigenvalue weighted by Gasteiger charge is 2.23.